The molecular formula is C16H27N3. The first-order chi connectivity index (χ1) is 9.22. The summed E-state index contributed by atoms with van der Waals surface area (Å²) in [6, 6.07) is 4.86. The molecule has 3 nitrogen and oxygen atoms in total. The quantitative estimate of drug-likeness (QED) is 0.846. The number of rotatable bonds is 6. The molecule has 1 aliphatic rings. The molecule has 0 unspecified atom stereocenters. The number of nitrogens with zero attached hydrogens (tertiary/aromatic N) is 2. The molecule has 106 valence electrons. The highest BCUT2D eigenvalue weighted by Gasteiger charge is 2.28. The van der Waals surface area contributed by atoms with Crippen LogP contribution < -0.4 is 5.32 Å². The molecule has 0 aromatic carbocycles. The molecule has 0 spiro atoms. The van der Waals surface area contributed by atoms with Gasteiger partial charge in [0, 0.05) is 30.9 Å². The fourth-order valence-corrected chi connectivity index (χ4v) is 2.94. The zero-order chi connectivity index (χ0) is 13.7. The molecule has 3 heteroatoms. The van der Waals surface area contributed by atoms with Crippen molar-refractivity contribution < 1.29 is 0 Å². The maximum atomic E-state index is 4.54. The standard InChI is InChI=1S/C16H27N3/c1-4-9-17-16-14(7-5-10-18-16)15-8-6-11-19(15)12-13(2)3/h5,7,10,13,15H,4,6,8-9,11-12H2,1-3H3,(H,17,18)/t15-/m0/s1. The molecule has 0 amide bonds. The lowest BCUT2D eigenvalue weighted by Gasteiger charge is -2.27. The molecule has 0 radical (unpaired) electrons. The van der Waals surface area contributed by atoms with E-state index in [1.165, 1.54) is 31.5 Å². The maximum absolute atomic E-state index is 4.54. The lowest BCUT2D eigenvalue weighted by atomic mass is 10.0. The van der Waals surface area contributed by atoms with E-state index < -0.39 is 0 Å². The SMILES string of the molecule is CCCNc1ncccc1[C@@H]1CCCN1CC(C)C. The van der Waals surface area contributed by atoms with Gasteiger partial charge in [0.2, 0.25) is 0 Å². The van der Waals surface area contributed by atoms with Gasteiger partial charge in [0.05, 0.1) is 0 Å². The second-order valence-corrected chi connectivity index (χ2v) is 5.91. The number of aromatic nitrogens is 1. The highest BCUT2D eigenvalue weighted by atomic mass is 15.2. The van der Waals surface area contributed by atoms with E-state index in [9.17, 15) is 0 Å². The van der Waals surface area contributed by atoms with Crippen LogP contribution in [0.3, 0.4) is 0 Å². The zero-order valence-electron chi connectivity index (χ0n) is 12.5. The van der Waals surface area contributed by atoms with Crippen molar-refractivity contribution in [3.05, 3.63) is 23.9 Å². The minimum absolute atomic E-state index is 0.551. The average Bonchev–Trinajstić information content (AvgIpc) is 2.84. The molecule has 2 rings (SSSR count). The van der Waals surface area contributed by atoms with E-state index in [1.54, 1.807) is 0 Å². The summed E-state index contributed by atoms with van der Waals surface area (Å²) < 4.78 is 0. The van der Waals surface area contributed by atoms with E-state index in [0.717, 1.165) is 24.7 Å². The minimum atomic E-state index is 0.551. The predicted molar refractivity (Wildman–Crippen MR) is 81.4 cm³/mol. The fraction of sp³-hybridized carbons (Fsp3) is 0.688. The van der Waals surface area contributed by atoms with Crippen molar-refractivity contribution in [3.8, 4) is 0 Å². The Morgan fingerprint density at radius 2 is 2.32 bits per heavy atom. The van der Waals surface area contributed by atoms with E-state index >= 15 is 0 Å². The molecule has 1 aromatic heterocycles. The van der Waals surface area contributed by atoms with Crippen LogP contribution >= 0.6 is 0 Å². The summed E-state index contributed by atoms with van der Waals surface area (Å²) in [5, 5.41) is 3.48. The van der Waals surface area contributed by atoms with Gasteiger partial charge in [-0.3, -0.25) is 4.90 Å². The third-order valence-electron chi connectivity index (χ3n) is 3.70. The summed E-state index contributed by atoms with van der Waals surface area (Å²) in [5.74, 6) is 1.81. The Hall–Kier alpha value is -1.09. The van der Waals surface area contributed by atoms with Crippen molar-refractivity contribution in [3.63, 3.8) is 0 Å². The summed E-state index contributed by atoms with van der Waals surface area (Å²) in [4.78, 5) is 7.16. The van der Waals surface area contributed by atoms with Gasteiger partial charge >= 0.3 is 0 Å². The molecule has 1 atom stereocenters. The van der Waals surface area contributed by atoms with Gasteiger partial charge in [-0.05, 0) is 37.8 Å². The number of hydrogen-bond acceptors (Lipinski definition) is 3. The smallest absolute Gasteiger partial charge is 0.130 e. The van der Waals surface area contributed by atoms with Gasteiger partial charge in [0.1, 0.15) is 5.82 Å². The largest absolute Gasteiger partial charge is 0.370 e. The number of likely N-dealkylation sites (tertiary alicyclic amines) is 1. The molecule has 0 bridgehead atoms. The van der Waals surface area contributed by atoms with Crippen LogP contribution in [0, 0.1) is 5.92 Å². The molecule has 2 heterocycles. The van der Waals surface area contributed by atoms with Crippen LogP contribution in [0.1, 0.15) is 51.6 Å². The van der Waals surface area contributed by atoms with Crippen LogP contribution in [0.4, 0.5) is 5.82 Å². The van der Waals surface area contributed by atoms with Crippen LogP contribution in [0.5, 0.6) is 0 Å². The Bertz CT molecular complexity index is 389. The van der Waals surface area contributed by atoms with Crippen LogP contribution in [-0.4, -0.2) is 29.5 Å². The van der Waals surface area contributed by atoms with Gasteiger partial charge < -0.3 is 5.32 Å². The zero-order valence-corrected chi connectivity index (χ0v) is 12.5. The number of anilines is 1. The van der Waals surface area contributed by atoms with Gasteiger partial charge in [-0.2, -0.15) is 0 Å². The van der Waals surface area contributed by atoms with Gasteiger partial charge in [0.15, 0.2) is 0 Å². The molecular weight excluding hydrogens is 234 g/mol. The van der Waals surface area contributed by atoms with Crippen LogP contribution in [-0.2, 0) is 0 Å². The van der Waals surface area contributed by atoms with Crippen LogP contribution in [0.25, 0.3) is 0 Å². The van der Waals surface area contributed by atoms with Crippen molar-refractivity contribution in [1.82, 2.24) is 9.88 Å². The van der Waals surface area contributed by atoms with Crippen molar-refractivity contribution in [2.24, 2.45) is 5.92 Å². The van der Waals surface area contributed by atoms with Crippen molar-refractivity contribution in [1.29, 1.82) is 0 Å². The molecule has 19 heavy (non-hydrogen) atoms. The Kier molecular flexibility index (Phi) is 5.20. The van der Waals surface area contributed by atoms with E-state index in [2.05, 4.69) is 48.1 Å². The predicted octanol–water partition coefficient (Wildman–Crippen LogP) is 3.70. The Morgan fingerprint density at radius 1 is 1.47 bits per heavy atom. The lowest BCUT2D eigenvalue weighted by Crippen LogP contribution is -2.28. The summed E-state index contributed by atoms with van der Waals surface area (Å²) >= 11 is 0. The Labute approximate surface area is 117 Å². The number of hydrogen-bond donors (Lipinski definition) is 1. The number of nitrogens with one attached hydrogen (secondary N) is 1. The van der Waals surface area contributed by atoms with Crippen molar-refractivity contribution in [2.75, 3.05) is 25.0 Å². The summed E-state index contributed by atoms with van der Waals surface area (Å²) in [6.45, 7) is 10.2. The molecule has 0 aliphatic carbocycles. The molecule has 1 saturated heterocycles. The maximum Gasteiger partial charge on any atom is 0.130 e. The monoisotopic (exact) mass is 261 g/mol. The average molecular weight is 261 g/mol. The van der Waals surface area contributed by atoms with E-state index in [4.69, 9.17) is 0 Å². The highest BCUT2D eigenvalue weighted by Crippen LogP contribution is 2.35. The molecule has 0 saturated carbocycles. The van der Waals surface area contributed by atoms with E-state index in [1.807, 2.05) is 6.20 Å². The second kappa shape index (κ2) is 6.90. The minimum Gasteiger partial charge on any atom is -0.370 e. The summed E-state index contributed by atoms with van der Waals surface area (Å²) in [6.07, 6.45) is 5.60. The fourth-order valence-electron chi connectivity index (χ4n) is 2.94. The second-order valence-electron chi connectivity index (χ2n) is 5.91. The first-order valence-corrected chi connectivity index (χ1v) is 7.65. The number of pyridine rings is 1. The normalized spacial score (nSPS) is 20.1. The van der Waals surface area contributed by atoms with Crippen LogP contribution in [0.15, 0.2) is 18.3 Å². The molecule has 1 N–H and O–H groups in total. The summed E-state index contributed by atoms with van der Waals surface area (Å²) in [7, 11) is 0. The van der Waals surface area contributed by atoms with Gasteiger partial charge in [-0.15, -0.1) is 0 Å². The third kappa shape index (κ3) is 3.69. The topological polar surface area (TPSA) is 28.2 Å². The van der Waals surface area contributed by atoms with Gasteiger partial charge in [-0.1, -0.05) is 26.8 Å². The molecule has 1 fully saturated rings. The van der Waals surface area contributed by atoms with E-state index in [0.29, 0.717) is 6.04 Å². The Balaban J connectivity index is 2.15. The third-order valence-corrected chi connectivity index (χ3v) is 3.70. The molecule has 1 aliphatic heterocycles. The van der Waals surface area contributed by atoms with Gasteiger partial charge in [-0.25, -0.2) is 4.98 Å². The lowest BCUT2D eigenvalue weighted by molar-refractivity contribution is 0.229. The van der Waals surface area contributed by atoms with Gasteiger partial charge in [0.25, 0.3) is 0 Å². The first kappa shape index (κ1) is 14.3. The van der Waals surface area contributed by atoms with Crippen molar-refractivity contribution >= 4 is 5.82 Å². The highest BCUT2D eigenvalue weighted by molar-refractivity contribution is 5.46. The van der Waals surface area contributed by atoms with Crippen molar-refractivity contribution in [2.45, 2.75) is 46.1 Å². The van der Waals surface area contributed by atoms with E-state index in [-0.39, 0.29) is 0 Å². The summed E-state index contributed by atoms with van der Waals surface area (Å²) in [5.41, 5.74) is 1.38. The molecule has 1 aromatic rings. The first-order valence-electron chi connectivity index (χ1n) is 7.65. The Morgan fingerprint density at radius 3 is 3.05 bits per heavy atom. The van der Waals surface area contributed by atoms with Crippen LogP contribution in [0.2, 0.25) is 0 Å².